The Morgan fingerprint density at radius 3 is 3.00 bits per heavy atom. The number of thiol groups is 1. The molecule has 7 heteroatoms. The van der Waals surface area contributed by atoms with E-state index in [1.807, 2.05) is 24.3 Å². The second-order valence-corrected chi connectivity index (χ2v) is 4.28. The molecular weight excluding hydrogens is 248 g/mol. The molecule has 18 heavy (non-hydrogen) atoms. The number of H-pyrrole nitrogens is 1. The number of hydrogen-bond acceptors (Lipinski definition) is 5. The number of aromatic amines is 1. The minimum Gasteiger partial charge on any atom is -0.338 e. The molecule has 0 atom stereocenters. The molecule has 0 bridgehead atoms. The molecule has 6 nitrogen and oxygen atoms in total. The van der Waals surface area contributed by atoms with E-state index in [0.29, 0.717) is 17.4 Å². The largest absolute Gasteiger partial charge is 0.338 e. The maximum Gasteiger partial charge on any atom is 0.273 e. The average molecular weight is 256 g/mol. The molecule has 0 spiro atoms. The SMILES string of the molecule is SCc1nnc2nc3[nH]c4ccccc4c3nn12. The summed E-state index contributed by atoms with van der Waals surface area (Å²) in [5.74, 6) is 1.65. The van der Waals surface area contributed by atoms with Gasteiger partial charge < -0.3 is 4.98 Å². The van der Waals surface area contributed by atoms with Gasteiger partial charge in [0, 0.05) is 10.9 Å². The van der Waals surface area contributed by atoms with E-state index in [1.165, 1.54) is 0 Å². The third kappa shape index (κ3) is 1.19. The van der Waals surface area contributed by atoms with Crippen molar-refractivity contribution >= 4 is 40.5 Å². The maximum absolute atomic E-state index is 4.55. The summed E-state index contributed by atoms with van der Waals surface area (Å²) >= 11 is 4.21. The fourth-order valence-electron chi connectivity index (χ4n) is 2.07. The lowest BCUT2D eigenvalue weighted by molar-refractivity contribution is 0.878. The number of rotatable bonds is 1. The highest BCUT2D eigenvalue weighted by Crippen LogP contribution is 2.22. The van der Waals surface area contributed by atoms with Crippen molar-refractivity contribution in [3.8, 4) is 0 Å². The number of benzene rings is 1. The van der Waals surface area contributed by atoms with Gasteiger partial charge >= 0.3 is 0 Å². The van der Waals surface area contributed by atoms with Gasteiger partial charge in [-0.25, -0.2) is 0 Å². The molecule has 3 heterocycles. The molecule has 1 aromatic carbocycles. The molecule has 4 rings (SSSR count). The van der Waals surface area contributed by atoms with Crippen LogP contribution in [-0.4, -0.2) is 29.8 Å². The highest BCUT2D eigenvalue weighted by Gasteiger charge is 2.12. The lowest BCUT2D eigenvalue weighted by Crippen LogP contribution is -1.98. The summed E-state index contributed by atoms with van der Waals surface area (Å²) in [6.07, 6.45) is 0. The maximum atomic E-state index is 4.55. The quantitative estimate of drug-likeness (QED) is 0.507. The number of nitrogens with zero attached hydrogens (tertiary/aromatic N) is 5. The summed E-state index contributed by atoms with van der Waals surface area (Å²) in [7, 11) is 0. The zero-order valence-electron chi connectivity index (χ0n) is 9.20. The predicted molar refractivity (Wildman–Crippen MR) is 70.6 cm³/mol. The Bertz CT molecular complexity index is 877. The summed E-state index contributed by atoms with van der Waals surface area (Å²) in [5.41, 5.74) is 2.56. The van der Waals surface area contributed by atoms with Crippen molar-refractivity contribution in [1.29, 1.82) is 0 Å². The molecule has 1 N–H and O–H groups in total. The first-order valence-electron chi connectivity index (χ1n) is 5.46. The molecule has 0 aliphatic carbocycles. The van der Waals surface area contributed by atoms with Crippen LogP contribution in [0.4, 0.5) is 0 Å². The average Bonchev–Trinajstić information content (AvgIpc) is 2.96. The van der Waals surface area contributed by atoms with Gasteiger partial charge in [-0.05, 0) is 6.07 Å². The van der Waals surface area contributed by atoms with Crippen LogP contribution >= 0.6 is 12.6 Å². The Labute approximate surface area is 106 Å². The Hall–Kier alpha value is -2.15. The fourth-order valence-corrected chi connectivity index (χ4v) is 2.27. The molecule has 4 aromatic rings. The summed E-state index contributed by atoms with van der Waals surface area (Å²) in [5, 5.41) is 13.6. The Morgan fingerprint density at radius 2 is 2.11 bits per heavy atom. The number of para-hydroxylation sites is 1. The van der Waals surface area contributed by atoms with E-state index in [0.717, 1.165) is 22.1 Å². The highest BCUT2D eigenvalue weighted by molar-refractivity contribution is 7.79. The van der Waals surface area contributed by atoms with Gasteiger partial charge in [-0.1, -0.05) is 18.2 Å². The first kappa shape index (κ1) is 9.84. The topological polar surface area (TPSA) is 71.8 Å². The van der Waals surface area contributed by atoms with Crippen molar-refractivity contribution in [2.75, 3.05) is 0 Å². The predicted octanol–water partition coefficient (Wildman–Crippen LogP) is 1.58. The van der Waals surface area contributed by atoms with Gasteiger partial charge in [-0.2, -0.15) is 27.2 Å². The second-order valence-electron chi connectivity index (χ2n) is 3.97. The first-order valence-corrected chi connectivity index (χ1v) is 6.09. The zero-order chi connectivity index (χ0) is 12.1. The van der Waals surface area contributed by atoms with E-state index in [9.17, 15) is 0 Å². The monoisotopic (exact) mass is 256 g/mol. The van der Waals surface area contributed by atoms with Crippen molar-refractivity contribution < 1.29 is 0 Å². The van der Waals surface area contributed by atoms with Gasteiger partial charge in [0.2, 0.25) is 0 Å². The van der Waals surface area contributed by atoms with E-state index >= 15 is 0 Å². The van der Waals surface area contributed by atoms with Crippen LogP contribution in [0.1, 0.15) is 5.82 Å². The van der Waals surface area contributed by atoms with Gasteiger partial charge in [-0.3, -0.25) is 0 Å². The van der Waals surface area contributed by atoms with Gasteiger partial charge in [0.15, 0.2) is 11.5 Å². The number of hydrogen-bond donors (Lipinski definition) is 2. The van der Waals surface area contributed by atoms with E-state index in [1.54, 1.807) is 4.52 Å². The standard InChI is InChI=1S/C11H8N6S/c18-5-8-14-15-11-13-10-9(16-17(8)11)6-3-1-2-4-7(6)12-10/h1-4,18H,5H2,(H,12,13,15). The minimum atomic E-state index is 0.476. The van der Waals surface area contributed by atoms with Crippen molar-refractivity contribution in [3.05, 3.63) is 30.1 Å². The summed E-state index contributed by atoms with van der Waals surface area (Å²) in [6.45, 7) is 0. The van der Waals surface area contributed by atoms with E-state index in [2.05, 4.69) is 37.9 Å². The third-order valence-electron chi connectivity index (χ3n) is 2.90. The number of nitrogens with one attached hydrogen (secondary N) is 1. The Balaban J connectivity index is 2.22. The van der Waals surface area contributed by atoms with Crippen LogP contribution in [0.3, 0.4) is 0 Å². The third-order valence-corrected chi connectivity index (χ3v) is 3.18. The van der Waals surface area contributed by atoms with Crippen LogP contribution in [-0.2, 0) is 5.75 Å². The van der Waals surface area contributed by atoms with Crippen LogP contribution in [0.5, 0.6) is 0 Å². The van der Waals surface area contributed by atoms with Crippen molar-refractivity contribution in [1.82, 2.24) is 29.8 Å². The minimum absolute atomic E-state index is 0.476. The van der Waals surface area contributed by atoms with E-state index < -0.39 is 0 Å². The molecule has 0 unspecified atom stereocenters. The number of aromatic nitrogens is 6. The summed E-state index contributed by atoms with van der Waals surface area (Å²) in [6, 6.07) is 7.97. The molecule has 0 radical (unpaired) electrons. The summed E-state index contributed by atoms with van der Waals surface area (Å²) in [4.78, 5) is 7.64. The molecule has 0 saturated carbocycles. The summed E-state index contributed by atoms with van der Waals surface area (Å²) < 4.78 is 1.63. The van der Waals surface area contributed by atoms with Gasteiger partial charge in [-0.15, -0.1) is 10.2 Å². The van der Waals surface area contributed by atoms with Crippen LogP contribution in [0.25, 0.3) is 27.8 Å². The first-order chi connectivity index (χ1) is 8.86. The Kier molecular flexibility index (Phi) is 1.87. The van der Waals surface area contributed by atoms with Gasteiger partial charge in [0.05, 0.1) is 5.75 Å². The van der Waals surface area contributed by atoms with Crippen molar-refractivity contribution in [2.24, 2.45) is 0 Å². The zero-order valence-corrected chi connectivity index (χ0v) is 10.1. The molecular formula is C11H8N6S. The van der Waals surface area contributed by atoms with E-state index in [-0.39, 0.29) is 0 Å². The van der Waals surface area contributed by atoms with Crippen LogP contribution in [0, 0.1) is 0 Å². The molecule has 3 aromatic heterocycles. The fraction of sp³-hybridized carbons (Fsp3) is 0.0909. The molecule has 0 aliphatic rings. The van der Waals surface area contributed by atoms with E-state index in [4.69, 9.17) is 0 Å². The van der Waals surface area contributed by atoms with Crippen molar-refractivity contribution in [2.45, 2.75) is 5.75 Å². The Morgan fingerprint density at radius 1 is 1.22 bits per heavy atom. The highest BCUT2D eigenvalue weighted by atomic mass is 32.1. The molecule has 0 fully saturated rings. The van der Waals surface area contributed by atoms with Crippen LogP contribution in [0.15, 0.2) is 24.3 Å². The molecule has 0 saturated heterocycles. The van der Waals surface area contributed by atoms with Crippen molar-refractivity contribution in [3.63, 3.8) is 0 Å². The lowest BCUT2D eigenvalue weighted by atomic mass is 10.2. The van der Waals surface area contributed by atoms with Gasteiger partial charge in [0.25, 0.3) is 5.78 Å². The molecule has 0 aliphatic heterocycles. The van der Waals surface area contributed by atoms with Gasteiger partial charge in [0.1, 0.15) is 5.52 Å². The lowest BCUT2D eigenvalue weighted by Gasteiger charge is -1.94. The molecule has 0 amide bonds. The number of fused-ring (bicyclic) bond motifs is 4. The second kappa shape index (κ2) is 3.42. The smallest absolute Gasteiger partial charge is 0.273 e. The van der Waals surface area contributed by atoms with Crippen LogP contribution in [0.2, 0.25) is 0 Å². The molecule has 88 valence electrons. The normalized spacial score (nSPS) is 11.8. The van der Waals surface area contributed by atoms with Crippen LogP contribution < -0.4 is 0 Å².